The van der Waals surface area contributed by atoms with Crippen LogP contribution in [-0.4, -0.2) is 46.8 Å². The van der Waals surface area contributed by atoms with Crippen molar-refractivity contribution in [3.63, 3.8) is 0 Å². The quantitative estimate of drug-likeness (QED) is 0.537. The molecule has 0 aliphatic carbocycles. The molecule has 3 aromatic rings. The van der Waals surface area contributed by atoms with Crippen LogP contribution >= 0.6 is 0 Å². The van der Waals surface area contributed by atoms with Crippen LogP contribution in [0, 0.1) is 0 Å². The molecule has 0 bridgehead atoms. The van der Waals surface area contributed by atoms with Crippen LogP contribution in [0.4, 0.5) is 32.5 Å². The number of hydrogen-bond acceptors (Lipinski definition) is 5. The maximum absolute atomic E-state index is 12.6. The van der Waals surface area contributed by atoms with Gasteiger partial charge in [-0.3, -0.25) is 14.5 Å². The number of imide groups is 1. The molecule has 1 aliphatic heterocycles. The van der Waals surface area contributed by atoms with Crippen LogP contribution in [0.1, 0.15) is 17.3 Å². The molecule has 10 heteroatoms. The van der Waals surface area contributed by atoms with Crippen molar-refractivity contribution < 1.29 is 19.2 Å². The minimum Gasteiger partial charge on any atom is -0.321 e. The number of amides is 6. The summed E-state index contributed by atoms with van der Waals surface area (Å²) in [5, 5.41) is 7.95. The number of nitrogens with zero attached hydrogens (tertiary/aromatic N) is 3. The van der Waals surface area contributed by atoms with Crippen molar-refractivity contribution in [1.82, 2.24) is 9.88 Å². The number of pyridine rings is 1. The molecule has 0 unspecified atom stereocenters. The Bertz CT molecular complexity index is 1210. The molecular weight excluding hydrogens is 436 g/mol. The lowest BCUT2D eigenvalue weighted by Crippen LogP contribution is -2.39. The van der Waals surface area contributed by atoms with Crippen molar-refractivity contribution in [2.24, 2.45) is 0 Å². The van der Waals surface area contributed by atoms with Crippen molar-refractivity contribution in [2.45, 2.75) is 6.92 Å². The van der Waals surface area contributed by atoms with Crippen molar-refractivity contribution >= 4 is 46.8 Å². The molecule has 1 saturated heterocycles. The second-order valence-electron chi connectivity index (χ2n) is 7.50. The van der Waals surface area contributed by atoms with E-state index in [1.807, 2.05) is 30.3 Å². The Morgan fingerprint density at radius 3 is 2.18 bits per heavy atom. The van der Waals surface area contributed by atoms with Crippen molar-refractivity contribution in [3.05, 3.63) is 78.5 Å². The SMILES string of the molecule is CC(=O)Nc1ccc(NC(=O)c2ccc(NC(=O)N3CCN(c4ccccc4)C3=O)cc2)cn1. The number of carbonyl (C=O) groups is 4. The Hall–Kier alpha value is -4.73. The molecule has 1 aromatic heterocycles. The van der Waals surface area contributed by atoms with Gasteiger partial charge in [0, 0.05) is 30.4 Å². The fourth-order valence-corrected chi connectivity index (χ4v) is 3.39. The number of para-hydroxylation sites is 1. The first kappa shape index (κ1) is 22.5. The van der Waals surface area contributed by atoms with Crippen molar-refractivity contribution in [2.75, 3.05) is 33.9 Å². The molecule has 10 nitrogen and oxygen atoms in total. The number of hydrogen-bond donors (Lipinski definition) is 3. The van der Waals surface area contributed by atoms with Crippen LogP contribution in [0.3, 0.4) is 0 Å². The number of urea groups is 2. The van der Waals surface area contributed by atoms with E-state index in [0.29, 0.717) is 29.3 Å². The van der Waals surface area contributed by atoms with Gasteiger partial charge in [0.1, 0.15) is 5.82 Å². The van der Waals surface area contributed by atoms with Gasteiger partial charge in [0.2, 0.25) is 5.91 Å². The molecule has 0 spiro atoms. The molecule has 1 fully saturated rings. The summed E-state index contributed by atoms with van der Waals surface area (Å²) >= 11 is 0. The van der Waals surface area contributed by atoms with E-state index in [1.54, 1.807) is 41.3 Å². The summed E-state index contributed by atoms with van der Waals surface area (Å²) in [6, 6.07) is 17.7. The highest BCUT2D eigenvalue weighted by molar-refractivity contribution is 6.08. The molecular formula is C24H22N6O4. The van der Waals surface area contributed by atoms with Gasteiger partial charge in [-0.25, -0.2) is 19.5 Å². The van der Waals surface area contributed by atoms with Crippen LogP contribution in [0.5, 0.6) is 0 Å². The normalized spacial score (nSPS) is 12.9. The average molecular weight is 458 g/mol. The first-order valence-electron chi connectivity index (χ1n) is 10.5. The van der Waals surface area contributed by atoms with E-state index in [1.165, 1.54) is 13.1 Å². The van der Waals surface area contributed by atoms with Gasteiger partial charge in [0.05, 0.1) is 18.4 Å². The Morgan fingerprint density at radius 1 is 0.824 bits per heavy atom. The van der Waals surface area contributed by atoms with Crippen LogP contribution < -0.4 is 20.9 Å². The first-order valence-corrected chi connectivity index (χ1v) is 10.5. The molecule has 3 N–H and O–H groups in total. The topological polar surface area (TPSA) is 124 Å². The summed E-state index contributed by atoms with van der Waals surface area (Å²) in [6.45, 7) is 2.07. The summed E-state index contributed by atoms with van der Waals surface area (Å²) in [7, 11) is 0. The number of carbonyl (C=O) groups excluding carboxylic acids is 4. The Labute approximate surface area is 195 Å². The van der Waals surface area contributed by atoms with E-state index in [0.717, 1.165) is 10.6 Å². The van der Waals surface area contributed by atoms with Gasteiger partial charge in [-0.15, -0.1) is 0 Å². The van der Waals surface area contributed by atoms with Gasteiger partial charge in [0.15, 0.2) is 0 Å². The molecule has 0 atom stereocenters. The fraction of sp³-hybridized carbons (Fsp3) is 0.125. The van der Waals surface area contributed by atoms with E-state index < -0.39 is 12.1 Å². The van der Waals surface area contributed by atoms with Crippen molar-refractivity contribution in [3.8, 4) is 0 Å². The molecule has 2 heterocycles. The molecule has 34 heavy (non-hydrogen) atoms. The maximum Gasteiger partial charge on any atom is 0.332 e. The standard InChI is InChI=1S/C24H22N6O4/c1-16(31)26-21-12-11-19(15-25-21)27-22(32)17-7-9-18(10-8-17)28-23(33)30-14-13-29(24(30)34)20-5-3-2-4-6-20/h2-12,15H,13-14H2,1H3,(H,27,32)(H,28,33)(H,25,26,31). The van der Waals surface area contributed by atoms with Gasteiger partial charge in [-0.2, -0.15) is 0 Å². The molecule has 0 saturated carbocycles. The Kier molecular flexibility index (Phi) is 6.49. The van der Waals surface area contributed by atoms with Crippen LogP contribution in [0.2, 0.25) is 0 Å². The minimum absolute atomic E-state index is 0.237. The Morgan fingerprint density at radius 2 is 1.53 bits per heavy atom. The lowest BCUT2D eigenvalue weighted by Gasteiger charge is -2.18. The second-order valence-corrected chi connectivity index (χ2v) is 7.50. The third-order valence-electron chi connectivity index (χ3n) is 5.05. The number of nitrogens with one attached hydrogen (secondary N) is 3. The molecule has 1 aliphatic rings. The van der Waals surface area contributed by atoms with Gasteiger partial charge in [-0.1, -0.05) is 18.2 Å². The summed E-state index contributed by atoms with van der Waals surface area (Å²) in [5.74, 6) is -0.215. The highest BCUT2D eigenvalue weighted by Gasteiger charge is 2.34. The minimum atomic E-state index is -0.536. The summed E-state index contributed by atoms with van der Waals surface area (Å²) in [5.41, 5.74) is 2.02. The van der Waals surface area contributed by atoms with E-state index in [9.17, 15) is 19.2 Å². The number of benzene rings is 2. The molecule has 0 radical (unpaired) electrons. The van der Waals surface area contributed by atoms with E-state index >= 15 is 0 Å². The van der Waals surface area contributed by atoms with E-state index in [-0.39, 0.29) is 18.4 Å². The second kappa shape index (κ2) is 9.82. The van der Waals surface area contributed by atoms with Gasteiger partial charge < -0.3 is 16.0 Å². The zero-order chi connectivity index (χ0) is 24.1. The maximum atomic E-state index is 12.6. The lowest BCUT2D eigenvalue weighted by atomic mass is 10.2. The molecule has 6 amide bonds. The summed E-state index contributed by atoms with van der Waals surface area (Å²) in [4.78, 5) is 55.5. The predicted molar refractivity (Wildman–Crippen MR) is 128 cm³/mol. The third kappa shape index (κ3) is 5.18. The van der Waals surface area contributed by atoms with Crippen molar-refractivity contribution in [1.29, 1.82) is 0 Å². The first-order chi connectivity index (χ1) is 16.4. The lowest BCUT2D eigenvalue weighted by molar-refractivity contribution is -0.114. The smallest absolute Gasteiger partial charge is 0.321 e. The zero-order valence-corrected chi connectivity index (χ0v) is 18.3. The summed E-state index contributed by atoms with van der Waals surface area (Å²) < 4.78 is 0. The van der Waals surface area contributed by atoms with Gasteiger partial charge in [0.25, 0.3) is 5.91 Å². The van der Waals surface area contributed by atoms with E-state index in [2.05, 4.69) is 20.9 Å². The van der Waals surface area contributed by atoms with Gasteiger partial charge in [-0.05, 0) is 48.5 Å². The molecule has 2 aromatic carbocycles. The number of anilines is 4. The predicted octanol–water partition coefficient (Wildman–Crippen LogP) is 3.77. The van der Waals surface area contributed by atoms with E-state index in [4.69, 9.17) is 0 Å². The van der Waals surface area contributed by atoms with Crippen LogP contribution in [0.25, 0.3) is 0 Å². The fourth-order valence-electron chi connectivity index (χ4n) is 3.39. The highest BCUT2D eigenvalue weighted by atomic mass is 16.2. The summed E-state index contributed by atoms with van der Waals surface area (Å²) in [6.07, 6.45) is 1.43. The van der Waals surface area contributed by atoms with Gasteiger partial charge >= 0.3 is 12.1 Å². The largest absolute Gasteiger partial charge is 0.332 e. The zero-order valence-electron chi connectivity index (χ0n) is 18.3. The number of rotatable bonds is 5. The average Bonchev–Trinajstić information content (AvgIpc) is 3.22. The number of aromatic nitrogens is 1. The van der Waals surface area contributed by atoms with Crippen LogP contribution in [0.15, 0.2) is 72.9 Å². The van der Waals surface area contributed by atoms with Crippen LogP contribution in [-0.2, 0) is 4.79 Å². The molecule has 172 valence electrons. The monoisotopic (exact) mass is 458 g/mol. The third-order valence-corrected chi connectivity index (χ3v) is 5.05. The highest BCUT2D eigenvalue weighted by Crippen LogP contribution is 2.21. The molecule has 4 rings (SSSR count). The Balaban J connectivity index is 1.33.